The van der Waals surface area contributed by atoms with Gasteiger partial charge in [-0.25, -0.2) is 0 Å². The van der Waals surface area contributed by atoms with Crippen LogP contribution in [0.5, 0.6) is 0 Å². The molecular formula is C13H16N2O2. The predicted molar refractivity (Wildman–Crippen MR) is 65.8 cm³/mol. The number of anilines is 1. The van der Waals surface area contributed by atoms with Crippen molar-refractivity contribution >= 4 is 11.7 Å². The molecular weight excluding hydrogens is 216 g/mol. The van der Waals surface area contributed by atoms with E-state index in [1.54, 1.807) is 19.1 Å². The summed E-state index contributed by atoms with van der Waals surface area (Å²) in [5, 5.41) is 20.6. The highest BCUT2D eigenvalue weighted by Gasteiger charge is 2.19. The lowest BCUT2D eigenvalue weighted by molar-refractivity contribution is -0.137. The molecule has 0 aliphatic heterocycles. The quantitative estimate of drug-likeness (QED) is 0.835. The molecule has 17 heavy (non-hydrogen) atoms. The summed E-state index contributed by atoms with van der Waals surface area (Å²) >= 11 is 0. The monoisotopic (exact) mass is 232 g/mol. The largest absolute Gasteiger partial charge is 0.480 e. The Balaban J connectivity index is 2.83. The molecule has 1 aromatic rings. The molecule has 90 valence electrons. The van der Waals surface area contributed by atoms with Crippen molar-refractivity contribution in [1.29, 1.82) is 5.26 Å². The third kappa shape index (κ3) is 3.22. The van der Waals surface area contributed by atoms with Crippen LogP contribution in [0.1, 0.15) is 26.3 Å². The third-order valence-electron chi connectivity index (χ3n) is 2.64. The van der Waals surface area contributed by atoms with Crippen LogP contribution in [0.15, 0.2) is 24.3 Å². The van der Waals surface area contributed by atoms with Gasteiger partial charge in [0.05, 0.1) is 11.5 Å². The van der Waals surface area contributed by atoms with Crippen molar-refractivity contribution in [2.24, 2.45) is 0 Å². The van der Waals surface area contributed by atoms with Crippen LogP contribution in [0, 0.1) is 11.3 Å². The van der Waals surface area contributed by atoms with E-state index in [0.717, 1.165) is 11.3 Å². The van der Waals surface area contributed by atoms with E-state index in [-0.39, 0.29) is 0 Å². The smallest absolute Gasteiger partial charge is 0.325 e. The Morgan fingerprint density at radius 1 is 1.41 bits per heavy atom. The number of hydrogen-bond donors (Lipinski definition) is 2. The van der Waals surface area contributed by atoms with Gasteiger partial charge in [0.25, 0.3) is 0 Å². The third-order valence-corrected chi connectivity index (χ3v) is 2.64. The number of nitriles is 1. The number of nitrogens with zero attached hydrogens (tertiary/aromatic N) is 1. The van der Waals surface area contributed by atoms with E-state index in [1.165, 1.54) is 0 Å². The van der Waals surface area contributed by atoms with Gasteiger partial charge in [-0.2, -0.15) is 5.26 Å². The molecule has 0 radical (unpaired) electrons. The fourth-order valence-electron chi connectivity index (χ4n) is 1.36. The van der Waals surface area contributed by atoms with Gasteiger partial charge in [-0.15, -0.1) is 0 Å². The Bertz CT molecular complexity index is 443. The number of carboxylic acids is 1. The molecule has 0 aromatic heterocycles. The van der Waals surface area contributed by atoms with Gasteiger partial charge in [-0.1, -0.05) is 12.1 Å². The standard InChI is InChI=1S/C13H16N2O2/c1-9(12(16)17)15-11-6-4-10(5-7-11)13(2,3)8-14/h4-7,9,15H,1-3H3,(H,16,17). The number of hydrogen-bond acceptors (Lipinski definition) is 3. The molecule has 1 atom stereocenters. The first-order chi connectivity index (χ1) is 7.86. The number of carboxylic acid groups (broad SMARTS) is 1. The zero-order valence-corrected chi connectivity index (χ0v) is 10.2. The Labute approximate surface area is 101 Å². The highest BCUT2D eigenvalue weighted by Crippen LogP contribution is 2.23. The summed E-state index contributed by atoms with van der Waals surface area (Å²) in [6.07, 6.45) is 0. The van der Waals surface area contributed by atoms with Gasteiger partial charge in [0.1, 0.15) is 6.04 Å². The van der Waals surface area contributed by atoms with Crippen LogP contribution in [-0.2, 0) is 10.2 Å². The summed E-state index contributed by atoms with van der Waals surface area (Å²) in [5.74, 6) is -0.897. The molecule has 0 aliphatic rings. The fourth-order valence-corrected chi connectivity index (χ4v) is 1.36. The summed E-state index contributed by atoms with van der Waals surface area (Å²) in [5.41, 5.74) is 1.11. The van der Waals surface area contributed by atoms with Crippen molar-refractivity contribution in [3.8, 4) is 6.07 Å². The van der Waals surface area contributed by atoms with E-state index < -0.39 is 17.4 Å². The molecule has 0 saturated carbocycles. The van der Waals surface area contributed by atoms with Gasteiger partial charge in [-0.3, -0.25) is 4.79 Å². The molecule has 1 unspecified atom stereocenters. The molecule has 4 nitrogen and oxygen atoms in total. The van der Waals surface area contributed by atoms with E-state index in [0.29, 0.717) is 0 Å². The maximum atomic E-state index is 10.7. The Morgan fingerprint density at radius 2 is 1.94 bits per heavy atom. The van der Waals surface area contributed by atoms with E-state index in [9.17, 15) is 4.79 Å². The first-order valence-corrected chi connectivity index (χ1v) is 5.38. The Hall–Kier alpha value is -2.02. The maximum Gasteiger partial charge on any atom is 0.325 e. The topological polar surface area (TPSA) is 73.1 Å². The van der Waals surface area contributed by atoms with Crippen molar-refractivity contribution < 1.29 is 9.90 Å². The van der Waals surface area contributed by atoms with E-state index in [1.807, 2.05) is 26.0 Å². The van der Waals surface area contributed by atoms with Crippen LogP contribution in [0.25, 0.3) is 0 Å². The van der Waals surface area contributed by atoms with Gasteiger partial charge >= 0.3 is 5.97 Å². The van der Waals surface area contributed by atoms with Crippen LogP contribution in [0.3, 0.4) is 0 Å². The van der Waals surface area contributed by atoms with Gasteiger partial charge in [0, 0.05) is 5.69 Å². The summed E-state index contributed by atoms with van der Waals surface area (Å²) in [6.45, 7) is 5.26. The highest BCUT2D eigenvalue weighted by molar-refractivity contribution is 5.76. The second-order valence-corrected chi connectivity index (χ2v) is 4.52. The number of benzene rings is 1. The van der Waals surface area contributed by atoms with Crippen LogP contribution < -0.4 is 5.32 Å². The minimum absolute atomic E-state index is 0.531. The summed E-state index contributed by atoms with van der Waals surface area (Å²) < 4.78 is 0. The lowest BCUT2D eigenvalue weighted by Gasteiger charge is -2.17. The maximum absolute atomic E-state index is 10.7. The van der Waals surface area contributed by atoms with Crippen LogP contribution in [-0.4, -0.2) is 17.1 Å². The number of aliphatic carboxylic acids is 1. The van der Waals surface area contributed by atoms with Crippen molar-refractivity contribution in [2.75, 3.05) is 5.32 Å². The zero-order chi connectivity index (χ0) is 13.1. The van der Waals surface area contributed by atoms with Crippen molar-refractivity contribution in [3.63, 3.8) is 0 Å². The minimum atomic E-state index is -0.897. The number of nitrogens with one attached hydrogen (secondary N) is 1. The number of rotatable bonds is 4. The molecule has 4 heteroatoms. The van der Waals surface area contributed by atoms with Gasteiger partial charge < -0.3 is 10.4 Å². The average molecular weight is 232 g/mol. The molecule has 0 bridgehead atoms. The molecule has 0 fully saturated rings. The van der Waals surface area contributed by atoms with Gasteiger partial charge in [0.2, 0.25) is 0 Å². The zero-order valence-electron chi connectivity index (χ0n) is 10.2. The molecule has 0 spiro atoms. The van der Waals surface area contributed by atoms with Crippen molar-refractivity contribution in [1.82, 2.24) is 0 Å². The summed E-state index contributed by atoms with van der Waals surface area (Å²) in [7, 11) is 0. The molecule has 1 aromatic carbocycles. The van der Waals surface area contributed by atoms with Crippen molar-refractivity contribution in [3.05, 3.63) is 29.8 Å². The molecule has 1 rings (SSSR count). The predicted octanol–water partition coefficient (Wildman–Crippen LogP) is 2.37. The second kappa shape index (κ2) is 4.88. The van der Waals surface area contributed by atoms with Crippen LogP contribution in [0.4, 0.5) is 5.69 Å². The fraction of sp³-hybridized carbons (Fsp3) is 0.385. The molecule has 2 N–H and O–H groups in total. The lowest BCUT2D eigenvalue weighted by atomic mass is 9.86. The molecule has 0 saturated heterocycles. The molecule has 0 heterocycles. The van der Waals surface area contributed by atoms with E-state index in [4.69, 9.17) is 10.4 Å². The van der Waals surface area contributed by atoms with Gasteiger partial charge in [-0.05, 0) is 38.5 Å². The SMILES string of the molecule is CC(Nc1ccc(C(C)(C)C#N)cc1)C(=O)O. The lowest BCUT2D eigenvalue weighted by Crippen LogP contribution is -2.25. The first-order valence-electron chi connectivity index (χ1n) is 5.38. The van der Waals surface area contributed by atoms with Gasteiger partial charge in [0.15, 0.2) is 0 Å². The number of carbonyl (C=O) groups is 1. The Kier molecular flexibility index (Phi) is 3.74. The highest BCUT2D eigenvalue weighted by atomic mass is 16.4. The minimum Gasteiger partial charge on any atom is -0.480 e. The van der Waals surface area contributed by atoms with Crippen LogP contribution in [0.2, 0.25) is 0 Å². The van der Waals surface area contributed by atoms with E-state index in [2.05, 4.69) is 11.4 Å². The normalized spacial score (nSPS) is 12.6. The first kappa shape index (κ1) is 13.0. The summed E-state index contributed by atoms with van der Waals surface area (Å²) in [6, 6.07) is 8.83. The van der Waals surface area contributed by atoms with E-state index >= 15 is 0 Å². The Morgan fingerprint density at radius 3 is 2.35 bits per heavy atom. The van der Waals surface area contributed by atoms with Crippen molar-refractivity contribution in [2.45, 2.75) is 32.2 Å². The summed E-state index contributed by atoms with van der Waals surface area (Å²) in [4.78, 5) is 10.7. The molecule has 0 amide bonds. The molecule has 0 aliphatic carbocycles. The second-order valence-electron chi connectivity index (χ2n) is 4.52. The van der Waals surface area contributed by atoms with Crippen LogP contribution >= 0.6 is 0 Å². The average Bonchev–Trinajstić information content (AvgIpc) is 2.29.